The van der Waals surface area contributed by atoms with Gasteiger partial charge in [0.15, 0.2) is 23.0 Å². The zero-order valence-electron chi connectivity index (χ0n) is 20.0. The predicted molar refractivity (Wildman–Crippen MR) is 132 cm³/mol. The van der Waals surface area contributed by atoms with Crippen molar-refractivity contribution < 1.29 is 33.3 Å². The van der Waals surface area contributed by atoms with E-state index >= 15 is 0 Å². The Kier molecular flexibility index (Phi) is 8.02. The number of fused-ring (bicyclic) bond motifs is 1. The highest BCUT2D eigenvalue weighted by Crippen LogP contribution is 2.32. The summed E-state index contributed by atoms with van der Waals surface area (Å²) in [5, 5.41) is 4.01. The lowest BCUT2D eigenvalue weighted by molar-refractivity contribution is 0.0728. The van der Waals surface area contributed by atoms with Crippen molar-refractivity contribution in [1.82, 2.24) is 5.43 Å². The minimum Gasteiger partial charge on any atom is -0.494 e. The number of amides is 1. The molecule has 1 aliphatic rings. The molecule has 0 atom stereocenters. The van der Waals surface area contributed by atoms with Gasteiger partial charge in [0.25, 0.3) is 5.91 Å². The Morgan fingerprint density at radius 1 is 0.917 bits per heavy atom. The van der Waals surface area contributed by atoms with Crippen molar-refractivity contribution in [3.8, 4) is 28.7 Å². The van der Waals surface area contributed by atoms with Gasteiger partial charge in [-0.1, -0.05) is 6.92 Å². The maximum atomic E-state index is 12.6. The number of hydrogen-bond acceptors (Lipinski definition) is 8. The van der Waals surface area contributed by atoms with E-state index < -0.39 is 11.9 Å². The molecule has 1 amide bonds. The second-order valence-corrected chi connectivity index (χ2v) is 7.67. The second kappa shape index (κ2) is 11.7. The van der Waals surface area contributed by atoms with E-state index in [4.69, 9.17) is 23.7 Å². The standard InChI is InChI=1S/C27H26N2O7/c1-3-13-33-21-9-6-19(7-10-21)27(31)36-23-11-5-18(14-24(23)32-4-2)16-28-29-26(30)20-8-12-22-25(15-20)35-17-34-22/h5-12,14-16H,3-4,13,17H2,1-2H3,(H,29,30)/b28-16+. The fraction of sp³-hybridized carbons (Fsp3) is 0.222. The molecule has 1 heterocycles. The molecule has 0 aliphatic carbocycles. The molecule has 0 aromatic heterocycles. The van der Waals surface area contributed by atoms with E-state index in [1.54, 1.807) is 60.7 Å². The number of benzene rings is 3. The Bertz CT molecular complexity index is 1260. The van der Waals surface area contributed by atoms with E-state index in [0.717, 1.165) is 6.42 Å². The van der Waals surface area contributed by atoms with Crippen LogP contribution in [0, 0.1) is 0 Å². The van der Waals surface area contributed by atoms with Crippen molar-refractivity contribution in [2.45, 2.75) is 20.3 Å². The lowest BCUT2D eigenvalue weighted by Crippen LogP contribution is -2.17. The summed E-state index contributed by atoms with van der Waals surface area (Å²) in [6.45, 7) is 4.96. The van der Waals surface area contributed by atoms with Gasteiger partial charge in [0, 0.05) is 5.56 Å². The third-order valence-corrected chi connectivity index (χ3v) is 5.05. The summed E-state index contributed by atoms with van der Waals surface area (Å²) in [6, 6.07) is 16.6. The average molecular weight is 491 g/mol. The summed E-state index contributed by atoms with van der Waals surface area (Å²) < 4.78 is 27.3. The molecule has 0 unspecified atom stereocenters. The number of rotatable bonds is 10. The number of nitrogens with zero attached hydrogens (tertiary/aromatic N) is 1. The molecule has 4 rings (SSSR count). The van der Waals surface area contributed by atoms with Gasteiger partial charge in [-0.25, -0.2) is 10.2 Å². The molecule has 1 N–H and O–H groups in total. The van der Waals surface area contributed by atoms with E-state index in [1.165, 1.54) is 6.21 Å². The van der Waals surface area contributed by atoms with Crippen LogP contribution in [-0.2, 0) is 0 Å². The Morgan fingerprint density at radius 3 is 2.47 bits per heavy atom. The van der Waals surface area contributed by atoms with Gasteiger partial charge in [-0.2, -0.15) is 5.10 Å². The molecule has 3 aromatic rings. The van der Waals surface area contributed by atoms with Crippen LogP contribution in [0.15, 0.2) is 65.8 Å². The molecule has 186 valence electrons. The Labute approximate surface area is 208 Å². The predicted octanol–water partition coefficient (Wildman–Crippen LogP) is 4.59. The van der Waals surface area contributed by atoms with Crippen molar-refractivity contribution in [3.63, 3.8) is 0 Å². The number of esters is 1. The molecular formula is C27H26N2O7. The Morgan fingerprint density at radius 2 is 1.69 bits per heavy atom. The molecule has 3 aromatic carbocycles. The minimum absolute atomic E-state index is 0.131. The molecule has 9 nitrogen and oxygen atoms in total. The zero-order chi connectivity index (χ0) is 25.3. The highest BCUT2D eigenvalue weighted by Gasteiger charge is 2.16. The van der Waals surface area contributed by atoms with Gasteiger partial charge in [-0.05, 0) is 79.6 Å². The largest absolute Gasteiger partial charge is 0.494 e. The monoisotopic (exact) mass is 490 g/mol. The first-order chi connectivity index (χ1) is 17.6. The van der Waals surface area contributed by atoms with Crippen LogP contribution < -0.4 is 29.1 Å². The molecule has 0 saturated heterocycles. The number of nitrogens with one attached hydrogen (secondary N) is 1. The van der Waals surface area contributed by atoms with E-state index in [2.05, 4.69) is 10.5 Å². The van der Waals surface area contributed by atoms with Crippen LogP contribution in [0.3, 0.4) is 0 Å². The summed E-state index contributed by atoms with van der Waals surface area (Å²) in [7, 11) is 0. The van der Waals surface area contributed by atoms with Crippen molar-refractivity contribution in [2.24, 2.45) is 5.10 Å². The van der Waals surface area contributed by atoms with Crippen LogP contribution in [0.25, 0.3) is 0 Å². The van der Waals surface area contributed by atoms with E-state index in [9.17, 15) is 9.59 Å². The molecule has 9 heteroatoms. The summed E-state index contributed by atoms with van der Waals surface area (Å²) in [4.78, 5) is 25.0. The quantitative estimate of drug-likeness (QED) is 0.192. The SMILES string of the molecule is CCCOc1ccc(C(=O)Oc2ccc(/C=N/NC(=O)c3ccc4c(c3)OCO4)cc2OCC)cc1. The van der Waals surface area contributed by atoms with Crippen molar-refractivity contribution >= 4 is 18.1 Å². The summed E-state index contributed by atoms with van der Waals surface area (Å²) in [5.74, 6) is 1.53. The molecule has 0 saturated carbocycles. The molecule has 1 aliphatic heterocycles. The smallest absolute Gasteiger partial charge is 0.343 e. The normalized spacial score (nSPS) is 11.8. The van der Waals surface area contributed by atoms with E-state index in [0.29, 0.717) is 52.9 Å². The highest BCUT2D eigenvalue weighted by atomic mass is 16.7. The van der Waals surface area contributed by atoms with Crippen LogP contribution in [-0.4, -0.2) is 38.1 Å². The molecule has 36 heavy (non-hydrogen) atoms. The van der Waals surface area contributed by atoms with Gasteiger partial charge in [0.1, 0.15) is 5.75 Å². The number of carbonyl (C=O) groups excluding carboxylic acids is 2. The van der Waals surface area contributed by atoms with E-state index in [1.807, 2.05) is 13.8 Å². The maximum absolute atomic E-state index is 12.6. The zero-order valence-corrected chi connectivity index (χ0v) is 20.0. The van der Waals surface area contributed by atoms with Gasteiger partial charge in [-0.3, -0.25) is 4.79 Å². The van der Waals surface area contributed by atoms with Crippen molar-refractivity contribution in [2.75, 3.05) is 20.0 Å². The fourth-order valence-electron chi connectivity index (χ4n) is 3.29. The first-order valence-corrected chi connectivity index (χ1v) is 11.5. The van der Waals surface area contributed by atoms with Gasteiger partial charge >= 0.3 is 5.97 Å². The van der Waals surface area contributed by atoms with Gasteiger partial charge in [0.05, 0.1) is 25.0 Å². The second-order valence-electron chi connectivity index (χ2n) is 7.67. The van der Waals surface area contributed by atoms with Gasteiger partial charge in [-0.15, -0.1) is 0 Å². The van der Waals surface area contributed by atoms with Crippen LogP contribution in [0.4, 0.5) is 0 Å². The Hall–Kier alpha value is -4.53. The lowest BCUT2D eigenvalue weighted by atomic mass is 10.2. The third-order valence-electron chi connectivity index (χ3n) is 5.05. The number of carbonyl (C=O) groups is 2. The van der Waals surface area contributed by atoms with Crippen LogP contribution in [0.1, 0.15) is 46.5 Å². The molecule has 0 fully saturated rings. The van der Waals surface area contributed by atoms with Gasteiger partial charge < -0.3 is 23.7 Å². The lowest BCUT2D eigenvalue weighted by Gasteiger charge is -2.12. The highest BCUT2D eigenvalue weighted by molar-refractivity contribution is 5.95. The Balaban J connectivity index is 1.39. The maximum Gasteiger partial charge on any atom is 0.343 e. The summed E-state index contributed by atoms with van der Waals surface area (Å²) in [5.41, 5.74) is 3.89. The number of hydrazone groups is 1. The van der Waals surface area contributed by atoms with Crippen molar-refractivity contribution in [1.29, 1.82) is 0 Å². The number of ether oxygens (including phenoxy) is 5. The van der Waals surface area contributed by atoms with Crippen molar-refractivity contribution in [3.05, 3.63) is 77.4 Å². The average Bonchev–Trinajstić information content (AvgIpc) is 3.37. The summed E-state index contributed by atoms with van der Waals surface area (Å²) in [6.07, 6.45) is 2.37. The summed E-state index contributed by atoms with van der Waals surface area (Å²) >= 11 is 0. The first kappa shape index (κ1) is 24.6. The molecule has 0 bridgehead atoms. The molecule has 0 spiro atoms. The number of hydrogen-bond donors (Lipinski definition) is 1. The van der Waals surface area contributed by atoms with Crippen LogP contribution in [0.5, 0.6) is 28.7 Å². The van der Waals surface area contributed by atoms with Crippen LogP contribution in [0.2, 0.25) is 0 Å². The van der Waals surface area contributed by atoms with E-state index in [-0.39, 0.29) is 12.5 Å². The molecule has 0 radical (unpaired) electrons. The van der Waals surface area contributed by atoms with Crippen LogP contribution >= 0.6 is 0 Å². The molecular weight excluding hydrogens is 464 g/mol. The first-order valence-electron chi connectivity index (χ1n) is 11.5. The van der Waals surface area contributed by atoms with Gasteiger partial charge in [0.2, 0.25) is 6.79 Å². The fourth-order valence-corrected chi connectivity index (χ4v) is 3.29. The topological polar surface area (TPSA) is 105 Å². The minimum atomic E-state index is -0.518. The third kappa shape index (κ3) is 6.12.